The summed E-state index contributed by atoms with van der Waals surface area (Å²) in [5, 5.41) is 10.2. The maximum Gasteiger partial charge on any atom is 0.339 e. The fourth-order valence-electron chi connectivity index (χ4n) is 3.74. The third kappa shape index (κ3) is 4.43. The summed E-state index contributed by atoms with van der Waals surface area (Å²) in [6, 6.07) is 15.6. The molecule has 6 heteroatoms. The molecule has 1 saturated heterocycles. The van der Waals surface area contributed by atoms with Gasteiger partial charge in [0.2, 0.25) is 0 Å². The van der Waals surface area contributed by atoms with E-state index in [0.29, 0.717) is 22.2 Å². The molecule has 0 bridgehead atoms. The summed E-state index contributed by atoms with van der Waals surface area (Å²) in [5.74, 6) is -0.537. The van der Waals surface area contributed by atoms with Crippen molar-refractivity contribution in [2.45, 2.75) is 25.7 Å². The molecular formula is C24H24N2O4. The molecule has 1 aliphatic heterocycles. The first kappa shape index (κ1) is 19.9. The van der Waals surface area contributed by atoms with Gasteiger partial charge in [0, 0.05) is 24.0 Å². The van der Waals surface area contributed by atoms with Crippen molar-refractivity contribution in [3.8, 4) is 17.0 Å². The minimum absolute atomic E-state index is 0.151. The Bertz CT molecular complexity index is 1050. The number of amides is 1. The number of carbonyl (C=O) groups excluding carboxylic acids is 2. The van der Waals surface area contributed by atoms with E-state index in [9.17, 15) is 14.7 Å². The number of hydrogen-bond acceptors (Lipinski definition) is 5. The summed E-state index contributed by atoms with van der Waals surface area (Å²) in [6.07, 6.45) is 4.24. The summed E-state index contributed by atoms with van der Waals surface area (Å²) >= 11 is 0. The summed E-state index contributed by atoms with van der Waals surface area (Å²) in [6.45, 7) is 1.18. The predicted octanol–water partition coefficient (Wildman–Crippen LogP) is 4.17. The first-order chi connectivity index (χ1) is 14.6. The van der Waals surface area contributed by atoms with Gasteiger partial charge in [-0.1, -0.05) is 31.0 Å². The van der Waals surface area contributed by atoms with Crippen molar-refractivity contribution in [2.24, 2.45) is 0 Å². The van der Waals surface area contributed by atoms with E-state index in [4.69, 9.17) is 4.74 Å². The number of aromatic hydroxyl groups is 1. The number of pyridine rings is 1. The lowest BCUT2D eigenvalue weighted by Gasteiger charge is -2.20. The average Bonchev–Trinajstić information content (AvgIpc) is 3.06. The SMILES string of the molecule is O=C(OCC(=O)N1CCCCCC1)c1cc(-c2ccc(O)cc2)nc2ccccc12. The van der Waals surface area contributed by atoms with Gasteiger partial charge in [0.1, 0.15) is 5.75 Å². The standard InChI is InChI=1S/C24H24N2O4/c27-18-11-9-17(10-12-18)22-15-20(19-7-3-4-8-21(19)25-22)24(29)30-16-23(28)26-13-5-1-2-6-14-26/h3-4,7-12,15,27H,1-2,5-6,13-14,16H2. The van der Waals surface area contributed by atoms with Crippen LogP contribution in [0.15, 0.2) is 54.6 Å². The number of phenols is 1. The van der Waals surface area contributed by atoms with E-state index in [1.807, 2.05) is 24.3 Å². The molecule has 4 rings (SSSR count). The number of esters is 1. The highest BCUT2D eigenvalue weighted by molar-refractivity contribution is 6.05. The van der Waals surface area contributed by atoms with Crippen molar-refractivity contribution in [2.75, 3.05) is 19.7 Å². The minimum atomic E-state index is -0.545. The topological polar surface area (TPSA) is 79.7 Å². The lowest BCUT2D eigenvalue weighted by atomic mass is 10.0. The van der Waals surface area contributed by atoms with E-state index in [-0.39, 0.29) is 18.3 Å². The Balaban J connectivity index is 1.58. The fraction of sp³-hybridized carbons (Fsp3) is 0.292. The number of nitrogens with zero attached hydrogens (tertiary/aromatic N) is 2. The molecule has 1 aliphatic rings. The van der Waals surface area contributed by atoms with Gasteiger partial charge in [-0.15, -0.1) is 0 Å². The van der Waals surface area contributed by atoms with E-state index >= 15 is 0 Å². The second-order valence-corrected chi connectivity index (χ2v) is 7.49. The Morgan fingerprint density at radius 3 is 2.40 bits per heavy atom. The second-order valence-electron chi connectivity index (χ2n) is 7.49. The van der Waals surface area contributed by atoms with Crippen molar-refractivity contribution in [3.63, 3.8) is 0 Å². The van der Waals surface area contributed by atoms with Crippen LogP contribution in [0.1, 0.15) is 36.0 Å². The molecule has 2 heterocycles. The van der Waals surface area contributed by atoms with Gasteiger partial charge in [0.15, 0.2) is 6.61 Å². The van der Waals surface area contributed by atoms with Gasteiger partial charge >= 0.3 is 5.97 Å². The number of para-hydroxylation sites is 1. The molecule has 0 radical (unpaired) electrons. The smallest absolute Gasteiger partial charge is 0.339 e. The molecule has 6 nitrogen and oxygen atoms in total. The van der Waals surface area contributed by atoms with Gasteiger partial charge in [-0.05, 0) is 49.2 Å². The van der Waals surface area contributed by atoms with Crippen molar-refractivity contribution in [1.29, 1.82) is 0 Å². The molecule has 0 spiro atoms. The summed E-state index contributed by atoms with van der Waals surface area (Å²) in [5.41, 5.74) is 2.40. The molecule has 0 unspecified atom stereocenters. The first-order valence-electron chi connectivity index (χ1n) is 10.3. The van der Waals surface area contributed by atoms with Crippen LogP contribution in [-0.2, 0) is 9.53 Å². The maximum absolute atomic E-state index is 12.9. The molecule has 3 aromatic rings. The summed E-state index contributed by atoms with van der Waals surface area (Å²) < 4.78 is 5.40. The van der Waals surface area contributed by atoms with Gasteiger partial charge in [-0.2, -0.15) is 0 Å². The van der Waals surface area contributed by atoms with E-state index in [0.717, 1.165) is 44.3 Å². The van der Waals surface area contributed by atoms with Gasteiger partial charge in [-0.25, -0.2) is 9.78 Å². The molecule has 0 atom stereocenters. The number of carbonyl (C=O) groups is 2. The molecule has 1 N–H and O–H groups in total. The number of fused-ring (bicyclic) bond motifs is 1. The molecule has 1 aromatic heterocycles. The molecule has 154 valence electrons. The Morgan fingerprint density at radius 1 is 0.967 bits per heavy atom. The van der Waals surface area contributed by atoms with Crippen LogP contribution in [0.25, 0.3) is 22.2 Å². The van der Waals surface area contributed by atoms with E-state index in [2.05, 4.69) is 4.98 Å². The fourth-order valence-corrected chi connectivity index (χ4v) is 3.74. The van der Waals surface area contributed by atoms with Crippen LogP contribution in [-0.4, -0.2) is 46.6 Å². The summed E-state index contributed by atoms with van der Waals surface area (Å²) in [4.78, 5) is 31.8. The van der Waals surface area contributed by atoms with Gasteiger partial charge in [-0.3, -0.25) is 4.79 Å². The van der Waals surface area contributed by atoms with Crippen LogP contribution >= 0.6 is 0 Å². The van der Waals surface area contributed by atoms with Crippen LogP contribution in [0.4, 0.5) is 0 Å². The van der Waals surface area contributed by atoms with E-state index in [1.54, 1.807) is 35.2 Å². The minimum Gasteiger partial charge on any atom is -0.508 e. The van der Waals surface area contributed by atoms with Crippen molar-refractivity contribution in [1.82, 2.24) is 9.88 Å². The molecule has 0 aliphatic carbocycles. The third-order valence-electron chi connectivity index (χ3n) is 5.38. The number of phenolic OH excluding ortho intramolecular Hbond substituents is 1. The Labute approximate surface area is 175 Å². The molecule has 1 fully saturated rings. The lowest BCUT2D eigenvalue weighted by molar-refractivity contribution is -0.134. The van der Waals surface area contributed by atoms with Crippen LogP contribution < -0.4 is 0 Å². The van der Waals surface area contributed by atoms with Gasteiger partial charge < -0.3 is 14.7 Å². The lowest BCUT2D eigenvalue weighted by Crippen LogP contribution is -2.35. The van der Waals surface area contributed by atoms with Crippen molar-refractivity contribution in [3.05, 3.63) is 60.2 Å². The largest absolute Gasteiger partial charge is 0.508 e. The number of likely N-dealkylation sites (tertiary alicyclic amines) is 1. The van der Waals surface area contributed by atoms with E-state index in [1.165, 1.54) is 0 Å². The number of benzene rings is 2. The highest BCUT2D eigenvalue weighted by Crippen LogP contribution is 2.26. The molecule has 30 heavy (non-hydrogen) atoms. The number of aromatic nitrogens is 1. The average molecular weight is 404 g/mol. The van der Waals surface area contributed by atoms with Crippen LogP contribution in [0, 0.1) is 0 Å². The number of rotatable bonds is 4. The monoisotopic (exact) mass is 404 g/mol. The Hall–Kier alpha value is -3.41. The highest BCUT2D eigenvalue weighted by atomic mass is 16.5. The normalized spacial score (nSPS) is 14.3. The zero-order valence-electron chi connectivity index (χ0n) is 16.7. The van der Waals surface area contributed by atoms with Crippen molar-refractivity contribution < 1.29 is 19.4 Å². The highest BCUT2D eigenvalue weighted by Gasteiger charge is 2.20. The number of hydrogen-bond donors (Lipinski definition) is 1. The van der Waals surface area contributed by atoms with Gasteiger partial charge in [0.05, 0.1) is 16.8 Å². The quantitative estimate of drug-likeness (QED) is 0.661. The Morgan fingerprint density at radius 2 is 1.67 bits per heavy atom. The first-order valence-corrected chi connectivity index (χ1v) is 10.3. The zero-order valence-corrected chi connectivity index (χ0v) is 16.7. The van der Waals surface area contributed by atoms with Crippen LogP contribution in [0.2, 0.25) is 0 Å². The van der Waals surface area contributed by atoms with Crippen molar-refractivity contribution >= 4 is 22.8 Å². The second kappa shape index (κ2) is 8.95. The predicted molar refractivity (Wildman–Crippen MR) is 114 cm³/mol. The molecular weight excluding hydrogens is 380 g/mol. The third-order valence-corrected chi connectivity index (χ3v) is 5.38. The number of ether oxygens (including phenoxy) is 1. The van der Waals surface area contributed by atoms with Gasteiger partial charge in [0.25, 0.3) is 5.91 Å². The maximum atomic E-state index is 12.9. The molecule has 2 aromatic carbocycles. The Kier molecular flexibility index (Phi) is 5.93. The summed E-state index contributed by atoms with van der Waals surface area (Å²) in [7, 11) is 0. The van der Waals surface area contributed by atoms with E-state index < -0.39 is 5.97 Å². The van der Waals surface area contributed by atoms with Crippen LogP contribution in [0.5, 0.6) is 5.75 Å². The van der Waals surface area contributed by atoms with Crippen LogP contribution in [0.3, 0.4) is 0 Å². The zero-order chi connectivity index (χ0) is 20.9. The molecule has 0 saturated carbocycles. The molecule has 1 amide bonds.